The van der Waals surface area contributed by atoms with Crippen LogP contribution in [0.4, 0.5) is 11.6 Å². The van der Waals surface area contributed by atoms with Crippen molar-refractivity contribution in [3.05, 3.63) is 42.5 Å². The quantitative estimate of drug-likeness (QED) is 0.893. The molecule has 0 spiro atoms. The van der Waals surface area contributed by atoms with Gasteiger partial charge in [-0.15, -0.1) is 0 Å². The highest BCUT2D eigenvalue weighted by atomic mass is 15.2. The Morgan fingerprint density at radius 1 is 0.962 bits per heavy atom. The molecule has 0 aromatic carbocycles. The minimum absolute atomic E-state index is 0.485. The van der Waals surface area contributed by atoms with E-state index < -0.39 is 0 Å². The lowest BCUT2D eigenvalue weighted by molar-refractivity contribution is 0.209. The Morgan fingerprint density at radius 3 is 2.58 bits per heavy atom. The summed E-state index contributed by atoms with van der Waals surface area (Å²) in [6.45, 7) is 5.36. The molecular formula is C20H28N6. The van der Waals surface area contributed by atoms with Crippen molar-refractivity contribution in [2.24, 2.45) is 0 Å². The molecule has 6 nitrogen and oxygen atoms in total. The zero-order chi connectivity index (χ0) is 17.6. The van der Waals surface area contributed by atoms with Gasteiger partial charge in [0.15, 0.2) is 0 Å². The van der Waals surface area contributed by atoms with E-state index in [4.69, 9.17) is 0 Å². The van der Waals surface area contributed by atoms with Crippen molar-refractivity contribution in [2.75, 3.05) is 36.4 Å². The molecule has 6 heteroatoms. The molecule has 4 heterocycles. The summed E-state index contributed by atoms with van der Waals surface area (Å²) >= 11 is 0. The van der Waals surface area contributed by atoms with Gasteiger partial charge in [0.05, 0.1) is 5.69 Å². The monoisotopic (exact) mass is 352 g/mol. The van der Waals surface area contributed by atoms with Crippen LogP contribution < -0.4 is 10.2 Å². The molecule has 1 N–H and O–H groups in total. The maximum absolute atomic E-state index is 4.47. The lowest BCUT2D eigenvalue weighted by Crippen LogP contribution is -2.39. The number of likely N-dealkylation sites (tertiary alicyclic amines) is 1. The van der Waals surface area contributed by atoms with Crippen molar-refractivity contribution in [3.8, 4) is 0 Å². The van der Waals surface area contributed by atoms with E-state index >= 15 is 0 Å². The predicted octanol–water partition coefficient (Wildman–Crippen LogP) is 2.94. The molecule has 0 amide bonds. The summed E-state index contributed by atoms with van der Waals surface area (Å²) in [6.07, 6.45) is 9.71. The Morgan fingerprint density at radius 2 is 1.81 bits per heavy atom. The minimum Gasteiger partial charge on any atom is -0.367 e. The normalized spacial score (nSPS) is 19.5. The Kier molecular flexibility index (Phi) is 5.59. The van der Waals surface area contributed by atoms with Crippen molar-refractivity contribution in [1.82, 2.24) is 19.9 Å². The molecule has 2 aliphatic rings. The van der Waals surface area contributed by atoms with Gasteiger partial charge in [-0.2, -0.15) is 0 Å². The molecule has 2 aromatic heterocycles. The molecule has 138 valence electrons. The second-order valence-corrected chi connectivity index (χ2v) is 7.32. The maximum Gasteiger partial charge on any atom is 0.134 e. The molecule has 26 heavy (non-hydrogen) atoms. The first-order valence-electron chi connectivity index (χ1n) is 9.82. The number of piperidine rings is 2. The molecule has 2 fully saturated rings. The van der Waals surface area contributed by atoms with Gasteiger partial charge >= 0.3 is 0 Å². The fourth-order valence-corrected chi connectivity index (χ4v) is 3.89. The van der Waals surface area contributed by atoms with E-state index in [-0.39, 0.29) is 0 Å². The summed E-state index contributed by atoms with van der Waals surface area (Å²) in [4.78, 5) is 18.2. The summed E-state index contributed by atoms with van der Waals surface area (Å²) in [5.74, 6) is 2.03. The van der Waals surface area contributed by atoms with Crippen LogP contribution in [0.2, 0.25) is 0 Å². The van der Waals surface area contributed by atoms with E-state index in [2.05, 4.69) is 48.3 Å². The van der Waals surface area contributed by atoms with E-state index in [1.807, 2.05) is 12.3 Å². The van der Waals surface area contributed by atoms with Crippen molar-refractivity contribution in [1.29, 1.82) is 0 Å². The molecule has 0 aliphatic carbocycles. The molecule has 0 unspecified atom stereocenters. The fourth-order valence-electron chi connectivity index (χ4n) is 3.89. The zero-order valence-electron chi connectivity index (χ0n) is 15.3. The number of pyridine rings is 1. The van der Waals surface area contributed by atoms with E-state index in [0.29, 0.717) is 6.04 Å². The number of anilines is 2. The van der Waals surface area contributed by atoms with Gasteiger partial charge in [0.25, 0.3) is 0 Å². The first kappa shape index (κ1) is 17.2. The first-order chi connectivity index (χ1) is 12.9. The van der Waals surface area contributed by atoms with Crippen molar-refractivity contribution >= 4 is 11.6 Å². The van der Waals surface area contributed by atoms with Gasteiger partial charge in [-0.1, -0.05) is 6.07 Å². The van der Waals surface area contributed by atoms with Crippen LogP contribution in [-0.4, -0.2) is 52.1 Å². The third kappa shape index (κ3) is 4.49. The van der Waals surface area contributed by atoms with Crippen LogP contribution in [0, 0.1) is 0 Å². The largest absolute Gasteiger partial charge is 0.367 e. The van der Waals surface area contributed by atoms with Gasteiger partial charge in [0.2, 0.25) is 0 Å². The molecule has 2 aromatic rings. The number of aromatic nitrogens is 3. The Hall–Kier alpha value is -2.21. The summed E-state index contributed by atoms with van der Waals surface area (Å²) < 4.78 is 0. The van der Waals surface area contributed by atoms with Crippen LogP contribution in [0.15, 0.2) is 36.8 Å². The van der Waals surface area contributed by atoms with Crippen LogP contribution in [0.5, 0.6) is 0 Å². The van der Waals surface area contributed by atoms with E-state index in [9.17, 15) is 0 Å². The maximum atomic E-state index is 4.47. The molecule has 0 bridgehead atoms. The number of nitrogens with zero attached hydrogens (tertiary/aromatic N) is 5. The third-order valence-corrected chi connectivity index (χ3v) is 5.38. The number of hydrogen-bond donors (Lipinski definition) is 1. The smallest absolute Gasteiger partial charge is 0.134 e. The highest BCUT2D eigenvalue weighted by molar-refractivity contribution is 5.49. The summed E-state index contributed by atoms with van der Waals surface area (Å²) in [5.41, 5.74) is 1.15. The molecule has 0 atom stereocenters. The SMILES string of the molecule is c1ccc(CN2CCC(Nc3cc(N4CCCCC4)ncn3)CC2)nc1. The van der Waals surface area contributed by atoms with E-state index in [1.165, 1.54) is 19.3 Å². The summed E-state index contributed by atoms with van der Waals surface area (Å²) in [5, 5.41) is 3.62. The van der Waals surface area contributed by atoms with Gasteiger partial charge in [0, 0.05) is 51.0 Å². The molecular weight excluding hydrogens is 324 g/mol. The minimum atomic E-state index is 0.485. The van der Waals surface area contributed by atoms with Crippen LogP contribution in [0.25, 0.3) is 0 Å². The zero-order valence-corrected chi connectivity index (χ0v) is 15.3. The highest BCUT2D eigenvalue weighted by Crippen LogP contribution is 2.21. The average molecular weight is 352 g/mol. The van der Waals surface area contributed by atoms with E-state index in [0.717, 1.165) is 62.9 Å². The lowest BCUT2D eigenvalue weighted by atomic mass is 10.0. The lowest BCUT2D eigenvalue weighted by Gasteiger charge is -2.32. The number of rotatable bonds is 5. The van der Waals surface area contributed by atoms with E-state index in [1.54, 1.807) is 6.33 Å². The van der Waals surface area contributed by atoms with Crippen LogP contribution >= 0.6 is 0 Å². The Balaban J connectivity index is 1.29. The highest BCUT2D eigenvalue weighted by Gasteiger charge is 2.20. The molecule has 2 aliphatic heterocycles. The van der Waals surface area contributed by atoms with Crippen LogP contribution in [-0.2, 0) is 6.54 Å². The average Bonchev–Trinajstić information content (AvgIpc) is 2.71. The second kappa shape index (κ2) is 8.45. The molecule has 2 saturated heterocycles. The van der Waals surface area contributed by atoms with Crippen molar-refractivity contribution in [2.45, 2.75) is 44.7 Å². The standard InChI is InChI=1S/C20H28N6/c1-4-10-26(11-5-1)20-14-19(22-16-23-20)24-17-7-12-25(13-8-17)15-18-6-2-3-9-21-18/h2-3,6,9,14,16-17H,1,4-5,7-8,10-13,15H2,(H,22,23,24). The van der Waals surface area contributed by atoms with Gasteiger partial charge < -0.3 is 10.2 Å². The predicted molar refractivity (Wildman–Crippen MR) is 104 cm³/mol. The number of nitrogens with one attached hydrogen (secondary N) is 1. The molecule has 4 rings (SSSR count). The first-order valence-corrected chi connectivity index (χ1v) is 9.82. The molecule has 0 radical (unpaired) electrons. The molecule has 0 saturated carbocycles. The Labute approximate surface area is 155 Å². The van der Waals surface area contributed by atoms with Crippen LogP contribution in [0.3, 0.4) is 0 Å². The number of hydrogen-bond acceptors (Lipinski definition) is 6. The summed E-state index contributed by atoms with van der Waals surface area (Å²) in [6, 6.07) is 8.74. The van der Waals surface area contributed by atoms with Crippen LogP contribution in [0.1, 0.15) is 37.8 Å². The van der Waals surface area contributed by atoms with Gasteiger partial charge in [-0.3, -0.25) is 9.88 Å². The third-order valence-electron chi connectivity index (χ3n) is 5.38. The topological polar surface area (TPSA) is 57.2 Å². The van der Waals surface area contributed by atoms with Crippen molar-refractivity contribution in [3.63, 3.8) is 0 Å². The van der Waals surface area contributed by atoms with Gasteiger partial charge in [0.1, 0.15) is 18.0 Å². The van der Waals surface area contributed by atoms with Crippen molar-refractivity contribution < 1.29 is 0 Å². The fraction of sp³-hybridized carbons (Fsp3) is 0.550. The Bertz CT molecular complexity index is 678. The summed E-state index contributed by atoms with van der Waals surface area (Å²) in [7, 11) is 0. The second-order valence-electron chi connectivity index (χ2n) is 7.32. The van der Waals surface area contributed by atoms with Gasteiger partial charge in [-0.25, -0.2) is 9.97 Å². The van der Waals surface area contributed by atoms with Gasteiger partial charge in [-0.05, 0) is 44.2 Å².